The summed E-state index contributed by atoms with van der Waals surface area (Å²) >= 11 is 0. The molecule has 2 aromatic rings. The molecule has 2 amide bonds. The molecule has 21 heavy (non-hydrogen) atoms. The summed E-state index contributed by atoms with van der Waals surface area (Å²) in [6.45, 7) is 0.453. The minimum atomic E-state index is -0.572. The molecule has 0 saturated carbocycles. The minimum absolute atomic E-state index is 0.202. The summed E-state index contributed by atoms with van der Waals surface area (Å²) in [6, 6.07) is 16.3. The van der Waals surface area contributed by atoms with Crippen LogP contribution in [0.1, 0.15) is 15.9 Å². The average molecular weight is 284 g/mol. The Morgan fingerprint density at radius 1 is 1.05 bits per heavy atom. The standard InChI is InChI=1S/C16H16N2O3/c1-21-16(20)18-14-9-5-8-13(10-14)15(19)17-11-12-6-3-2-4-7-12/h2-10H,11H2,1H3,(H,17,19)(H,18,20). The van der Waals surface area contributed by atoms with E-state index in [2.05, 4.69) is 15.4 Å². The van der Waals surface area contributed by atoms with Crippen LogP contribution in [0.3, 0.4) is 0 Å². The van der Waals surface area contributed by atoms with Crippen LogP contribution in [0.5, 0.6) is 0 Å². The Balaban J connectivity index is 1.99. The summed E-state index contributed by atoms with van der Waals surface area (Å²) < 4.78 is 4.51. The van der Waals surface area contributed by atoms with E-state index in [1.807, 2.05) is 30.3 Å². The van der Waals surface area contributed by atoms with Crippen LogP contribution in [0.2, 0.25) is 0 Å². The van der Waals surface area contributed by atoms with Gasteiger partial charge in [-0.05, 0) is 23.8 Å². The lowest BCUT2D eigenvalue weighted by molar-refractivity contribution is 0.0951. The van der Waals surface area contributed by atoms with Gasteiger partial charge in [-0.2, -0.15) is 0 Å². The molecule has 0 heterocycles. The summed E-state index contributed by atoms with van der Waals surface area (Å²) in [7, 11) is 1.28. The first kappa shape index (κ1) is 14.6. The molecule has 0 aliphatic heterocycles. The molecular formula is C16H16N2O3. The molecule has 2 rings (SSSR count). The van der Waals surface area contributed by atoms with E-state index in [0.29, 0.717) is 17.8 Å². The summed E-state index contributed by atoms with van der Waals surface area (Å²) in [5, 5.41) is 5.35. The average Bonchev–Trinajstić information content (AvgIpc) is 2.53. The molecule has 0 fully saturated rings. The molecule has 0 atom stereocenters. The molecule has 0 aromatic heterocycles. The zero-order chi connectivity index (χ0) is 15.1. The topological polar surface area (TPSA) is 67.4 Å². The van der Waals surface area contributed by atoms with Crippen LogP contribution in [-0.2, 0) is 11.3 Å². The summed E-state index contributed by atoms with van der Waals surface area (Å²) in [6.07, 6.45) is -0.572. The van der Waals surface area contributed by atoms with Gasteiger partial charge in [0.25, 0.3) is 5.91 Å². The van der Waals surface area contributed by atoms with Crippen LogP contribution in [-0.4, -0.2) is 19.1 Å². The summed E-state index contributed by atoms with van der Waals surface area (Å²) in [4.78, 5) is 23.2. The molecule has 0 radical (unpaired) electrons. The number of ether oxygens (including phenoxy) is 1. The number of nitrogens with one attached hydrogen (secondary N) is 2. The number of benzene rings is 2. The fourth-order valence-electron chi connectivity index (χ4n) is 1.79. The first-order valence-corrected chi connectivity index (χ1v) is 6.46. The Bertz CT molecular complexity index is 626. The van der Waals surface area contributed by atoms with E-state index in [9.17, 15) is 9.59 Å². The lowest BCUT2D eigenvalue weighted by Gasteiger charge is -2.08. The number of anilines is 1. The van der Waals surface area contributed by atoms with Gasteiger partial charge < -0.3 is 10.1 Å². The highest BCUT2D eigenvalue weighted by atomic mass is 16.5. The van der Waals surface area contributed by atoms with Crippen molar-refractivity contribution in [2.75, 3.05) is 12.4 Å². The monoisotopic (exact) mass is 284 g/mol. The second kappa shape index (κ2) is 7.09. The van der Waals surface area contributed by atoms with Gasteiger partial charge in [0.15, 0.2) is 0 Å². The van der Waals surface area contributed by atoms with E-state index < -0.39 is 6.09 Å². The van der Waals surface area contributed by atoms with Gasteiger partial charge in [-0.25, -0.2) is 4.79 Å². The van der Waals surface area contributed by atoms with Crippen LogP contribution in [0, 0.1) is 0 Å². The van der Waals surface area contributed by atoms with Crippen molar-refractivity contribution in [3.05, 3.63) is 65.7 Å². The number of methoxy groups -OCH3 is 1. The van der Waals surface area contributed by atoms with E-state index >= 15 is 0 Å². The quantitative estimate of drug-likeness (QED) is 0.907. The smallest absolute Gasteiger partial charge is 0.411 e. The molecule has 0 spiro atoms. The van der Waals surface area contributed by atoms with Gasteiger partial charge in [-0.1, -0.05) is 36.4 Å². The van der Waals surface area contributed by atoms with E-state index in [-0.39, 0.29) is 5.91 Å². The first-order valence-electron chi connectivity index (χ1n) is 6.46. The fraction of sp³-hybridized carbons (Fsp3) is 0.125. The Hall–Kier alpha value is -2.82. The van der Waals surface area contributed by atoms with Crippen molar-refractivity contribution in [2.24, 2.45) is 0 Å². The van der Waals surface area contributed by atoms with Gasteiger partial charge in [0.2, 0.25) is 0 Å². The largest absolute Gasteiger partial charge is 0.453 e. The van der Waals surface area contributed by atoms with Gasteiger partial charge in [-0.3, -0.25) is 10.1 Å². The Kier molecular flexibility index (Phi) is 4.93. The minimum Gasteiger partial charge on any atom is -0.453 e. The third-order valence-corrected chi connectivity index (χ3v) is 2.85. The number of carbonyl (C=O) groups excluding carboxylic acids is 2. The molecule has 0 aliphatic rings. The predicted octanol–water partition coefficient (Wildman–Crippen LogP) is 2.79. The lowest BCUT2D eigenvalue weighted by atomic mass is 10.1. The van der Waals surface area contributed by atoms with Crippen LogP contribution in [0.15, 0.2) is 54.6 Å². The summed E-state index contributed by atoms with van der Waals surface area (Å²) in [5.74, 6) is -0.202. The molecule has 0 saturated heterocycles. The zero-order valence-electron chi connectivity index (χ0n) is 11.6. The zero-order valence-corrected chi connectivity index (χ0v) is 11.6. The molecule has 0 aliphatic carbocycles. The number of hydrogen-bond donors (Lipinski definition) is 2. The Morgan fingerprint density at radius 2 is 1.81 bits per heavy atom. The highest BCUT2D eigenvalue weighted by Gasteiger charge is 2.07. The predicted molar refractivity (Wildman–Crippen MR) is 80.1 cm³/mol. The molecule has 0 unspecified atom stereocenters. The highest BCUT2D eigenvalue weighted by Crippen LogP contribution is 2.11. The maximum absolute atomic E-state index is 12.1. The molecule has 0 bridgehead atoms. The molecular weight excluding hydrogens is 268 g/mol. The molecule has 5 heteroatoms. The van der Waals surface area contributed by atoms with Crippen molar-refractivity contribution in [3.63, 3.8) is 0 Å². The maximum Gasteiger partial charge on any atom is 0.411 e. The lowest BCUT2D eigenvalue weighted by Crippen LogP contribution is -2.23. The molecule has 2 aromatic carbocycles. The van der Waals surface area contributed by atoms with Crippen molar-refractivity contribution in [1.82, 2.24) is 5.32 Å². The van der Waals surface area contributed by atoms with Crippen molar-refractivity contribution < 1.29 is 14.3 Å². The van der Waals surface area contributed by atoms with Gasteiger partial charge in [0, 0.05) is 17.8 Å². The first-order chi connectivity index (χ1) is 10.2. The van der Waals surface area contributed by atoms with E-state index in [0.717, 1.165) is 5.56 Å². The molecule has 2 N–H and O–H groups in total. The highest BCUT2D eigenvalue weighted by molar-refractivity contribution is 5.96. The van der Waals surface area contributed by atoms with Crippen molar-refractivity contribution >= 4 is 17.7 Å². The van der Waals surface area contributed by atoms with Crippen molar-refractivity contribution in [2.45, 2.75) is 6.54 Å². The SMILES string of the molecule is COC(=O)Nc1cccc(C(=O)NCc2ccccc2)c1. The second-order valence-electron chi connectivity index (χ2n) is 4.37. The van der Waals surface area contributed by atoms with Crippen LogP contribution >= 0.6 is 0 Å². The van der Waals surface area contributed by atoms with Crippen molar-refractivity contribution in [3.8, 4) is 0 Å². The van der Waals surface area contributed by atoms with E-state index in [1.54, 1.807) is 24.3 Å². The van der Waals surface area contributed by atoms with Gasteiger partial charge >= 0.3 is 6.09 Å². The van der Waals surface area contributed by atoms with Crippen LogP contribution in [0.4, 0.5) is 10.5 Å². The van der Waals surface area contributed by atoms with Gasteiger partial charge in [0.1, 0.15) is 0 Å². The van der Waals surface area contributed by atoms with Gasteiger partial charge in [0.05, 0.1) is 7.11 Å². The van der Waals surface area contributed by atoms with E-state index in [1.165, 1.54) is 7.11 Å². The maximum atomic E-state index is 12.1. The Labute approximate surface area is 122 Å². The van der Waals surface area contributed by atoms with Crippen LogP contribution < -0.4 is 10.6 Å². The Morgan fingerprint density at radius 3 is 2.52 bits per heavy atom. The molecule has 5 nitrogen and oxygen atoms in total. The fourth-order valence-corrected chi connectivity index (χ4v) is 1.79. The van der Waals surface area contributed by atoms with Crippen molar-refractivity contribution in [1.29, 1.82) is 0 Å². The summed E-state index contributed by atoms with van der Waals surface area (Å²) in [5.41, 5.74) is 2.00. The molecule has 108 valence electrons. The third-order valence-electron chi connectivity index (χ3n) is 2.85. The number of rotatable bonds is 4. The van der Waals surface area contributed by atoms with Crippen LogP contribution in [0.25, 0.3) is 0 Å². The number of carbonyl (C=O) groups is 2. The normalized spacial score (nSPS) is 9.76. The number of hydrogen-bond acceptors (Lipinski definition) is 3. The second-order valence-corrected chi connectivity index (χ2v) is 4.37. The van der Waals surface area contributed by atoms with E-state index in [4.69, 9.17) is 0 Å². The number of amides is 2. The van der Waals surface area contributed by atoms with Gasteiger partial charge in [-0.15, -0.1) is 0 Å². The third kappa shape index (κ3) is 4.35.